The van der Waals surface area contributed by atoms with Crippen molar-refractivity contribution in [3.8, 4) is 0 Å². The molecule has 6 nitrogen and oxygen atoms in total. The van der Waals surface area contributed by atoms with E-state index in [1.807, 2.05) is 43.0 Å². The summed E-state index contributed by atoms with van der Waals surface area (Å²) >= 11 is 0. The molecule has 2 aromatic rings. The lowest BCUT2D eigenvalue weighted by Crippen LogP contribution is -2.61. The number of para-hydroxylation sites is 2. The molecule has 0 saturated carbocycles. The highest BCUT2D eigenvalue weighted by Crippen LogP contribution is 2.40. The van der Waals surface area contributed by atoms with E-state index >= 15 is 0 Å². The number of nitrogens with zero attached hydrogens (tertiary/aromatic N) is 2. The summed E-state index contributed by atoms with van der Waals surface area (Å²) in [5, 5.41) is 10.9. The summed E-state index contributed by atoms with van der Waals surface area (Å²) in [6, 6.07) is 8.01. The van der Waals surface area contributed by atoms with E-state index < -0.39 is 5.54 Å². The number of aromatic nitrogens is 1. The van der Waals surface area contributed by atoms with Crippen molar-refractivity contribution in [1.29, 1.82) is 0 Å². The van der Waals surface area contributed by atoms with Gasteiger partial charge in [0.05, 0.1) is 23.6 Å². The molecule has 4 rings (SSSR count). The van der Waals surface area contributed by atoms with Gasteiger partial charge in [-0.3, -0.25) is 4.79 Å². The van der Waals surface area contributed by atoms with Gasteiger partial charge in [0.2, 0.25) is 0 Å². The summed E-state index contributed by atoms with van der Waals surface area (Å²) in [5.74, 6) is 0.915. The van der Waals surface area contributed by atoms with Gasteiger partial charge in [0, 0.05) is 5.56 Å². The molecule has 3 heterocycles. The van der Waals surface area contributed by atoms with Crippen molar-refractivity contribution < 1.29 is 9.32 Å². The van der Waals surface area contributed by atoms with Crippen molar-refractivity contribution in [2.24, 2.45) is 0 Å². The highest BCUT2D eigenvalue weighted by atomic mass is 16.5. The highest BCUT2D eigenvalue weighted by molar-refractivity contribution is 6.07. The van der Waals surface area contributed by atoms with Gasteiger partial charge < -0.3 is 20.1 Å². The zero-order valence-corrected chi connectivity index (χ0v) is 14.1. The van der Waals surface area contributed by atoms with Crippen LogP contribution >= 0.6 is 0 Å². The topological polar surface area (TPSA) is 70.4 Å². The van der Waals surface area contributed by atoms with Gasteiger partial charge in [-0.1, -0.05) is 17.3 Å². The van der Waals surface area contributed by atoms with Gasteiger partial charge in [0.1, 0.15) is 11.3 Å². The normalized spacial score (nSPS) is 19.2. The summed E-state index contributed by atoms with van der Waals surface area (Å²) in [6.45, 7) is 6.01. The molecule has 0 aliphatic carbocycles. The molecule has 0 radical (unpaired) electrons. The van der Waals surface area contributed by atoms with E-state index in [-0.39, 0.29) is 5.91 Å². The van der Waals surface area contributed by atoms with E-state index in [4.69, 9.17) is 4.52 Å². The van der Waals surface area contributed by atoms with Crippen LogP contribution in [-0.2, 0) is 11.3 Å². The Labute approximate surface area is 141 Å². The fraction of sp³-hybridized carbons (Fsp3) is 0.444. The molecule has 0 atom stereocenters. The second-order valence-corrected chi connectivity index (χ2v) is 6.67. The molecule has 0 unspecified atom stereocenters. The number of piperidine rings is 1. The first-order chi connectivity index (χ1) is 11.6. The Morgan fingerprint density at radius 2 is 2.00 bits per heavy atom. The van der Waals surface area contributed by atoms with Crippen LogP contribution < -0.4 is 15.5 Å². The zero-order chi connectivity index (χ0) is 16.7. The Bertz CT molecular complexity index is 758. The number of hydrogen-bond acceptors (Lipinski definition) is 5. The predicted octanol–water partition coefficient (Wildman–Crippen LogP) is 2.37. The molecule has 24 heavy (non-hydrogen) atoms. The monoisotopic (exact) mass is 326 g/mol. The first kappa shape index (κ1) is 15.2. The number of nitrogens with one attached hydrogen (secondary N) is 2. The van der Waals surface area contributed by atoms with Crippen LogP contribution in [0.1, 0.15) is 29.9 Å². The molecule has 1 amide bonds. The van der Waals surface area contributed by atoms with Gasteiger partial charge in [-0.25, -0.2) is 0 Å². The van der Waals surface area contributed by atoms with Crippen LogP contribution in [0.25, 0.3) is 0 Å². The second-order valence-electron chi connectivity index (χ2n) is 6.67. The molecule has 6 heteroatoms. The number of rotatable bonds is 2. The number of carbonyl (C=O) groups excluding carboxylic acids is 1. The van der Waals surface area contributed by atoms with Gasteiger partial charge in [0.25, 0.3) is 5.91 Å². The molecule has 0 bridgehead atoms. The fourth-order valence-corrected chi connectivity index (χ4v) is 3.73. The number of anilines is 2. The maximum absolute atomic E-state index is 13.4. The van der Waals surface area contributed by atoms with E-state index in [0.29, 0.717) is 6.54 Å². The van der Waals surface area contributed by atoms with Gasteiger partial charge in [0.15, 0.2) is 0 Å². The molecule has 1 aromatic carbocycles. The third-order valence-corrected chi connectivity index (χ3v) is 5.18. The van der Waals surface area contributed by atoms with E-state index in [1.54, 1.807) is 0 Å². The van der Waals surface area contributed by atoms with Crippen LogP contribution in [0.3, 0.4) is 0 Å². The van der Waals surface area contributed by atoms with Gasteiger partial charge in [-0.05, 0) is 51.9 Å². The quantitative estimate of drug-likeness (QED) is 0.887. The molecule has 1 fully saturated rings. The first-order valence-corrected chi connectivity index (χ1v) is 8.42. The number of carbonyl (C=O) groups is 1. The summed E-state index contributed by atoms with van der Waals surface area (Å²) in [7, 11) is 0. The zero-order valence-electron chi connectivity index (χ0n) is 14.1. The van der Waals surface area contributed by atoms with Crippen molar-refractivity contribution in [2.45, 2.75) is 38.8 Å². The molecule has 2 N–H and O–H groups in total. The van der Waals surface area contributed by atoms with E-state index in [9.17, 15) is 4.79 Å². The summed E-state index contributed by atoms with van der Waals surface area (Å²) in [4.78, 5) is 15.3. The SMILES string of the molecule is Cc1noc(C)c1CN1C(=O)C2(CCNCC2)Nc2ccccc21. The Morgan fingerprint density at radius 1 is 1.25 bits per heavy atom. The molecule has 2 aliphatic rings. The van der Waals surface area contributed by atoms with Crippen LogP contribution in [-0.4, -0.2) is 29.7 Å². The smallest absolute Gasteiger partial charge is 0.253 e. The van der Waals surface area contributed by atoms with E-state index in [2.05, 4.69) is 15.8 Å². The number of amides is 1. The van der Waals surface area contributed by atoms with Gasteiger partial charge in [-0.15, -0.1) is 0 Å². The molecule has 2 aliphatic heterocycles. The first-order valence-electron chi connectivity index (χ1n) is 8.42. The summed E-state index contributed by atoms with van der Waals surface area (Å²) < 4.78 is 5.28. The molecular formula is C18H22N4O2. The molecular weight excluding hydrogens is 304 g/mol. The Hall–Kier alpha value is -2.34. The van der Waals surface area contributed by atoms with E-state index in [0.717, 1.165) is 54.3 Å². The predicted molar refractivity (Wildman–Crippen MR) is 92.1 cm³/mol. The molecule has 1 aromatic heterocycles. The Balaban J connectivity index is 1.77. The van der Waals surface area contributed by atoms with Crippen LogP contribution in [0.15, 0.2) is 28.8 Å². The largest absolute Gasteiger partial charge is 0.369 e. The minimum atomic E-state index is -0.515. The van der Waals surface area contributed by atoms with E-state index in [1.165, 1.54) is 0 Å². The lowest BCUT2D eigenvalue weighted by Gasteiger charge is -2.45. The summed E-state index contributed by atoms with van der Waals surface area (Å²) in [6.07, 6.45) is 1.58. The van der Waals surface area contributed by atoms with Crippen molar-refractivity contribution in [1.82, 2.24) is 10.5 Å². The Kier molecular flexibility index (Phi) is 3.57. The lowest BCUT2D eigenvalue weighted by atomic mass is 9.84. The van der Waals surface area contributed by atoms with Crippen molar-refractivity contribution in [3.63, 3.8) is 0 Å². The summed E-state index contributed by atoms with van der Waals surface area (Å²) in [5.41, 5.74) is 3.26. The third-order valence-electron chi connectivity index (χ3n) is 5.18. The third kappa shape index (κ3) is 2.29. The van der Waals surface area contributed by atoms with Crippen LogP contribution in [0.4, 0.5) is 11.4 Å². The maximum atomic E-state index is 13.4. The maximum Gasteiger partial charge on any atom is 0.253 e. The van der Waals surface area contributed by atoms with Crippen molar-refractivity contribution >= 4 is 17.3 Å². The number of aryl methyl sites for hydroxylation is 2. The van der Waals surface area contributed by atoms with Crippen LogP contribution in [0.2, 0.25) is 0 Å². The van der Waals surface area contributed by atoms with Crippen molar-refractivity contribution in [2.75, 3.05) is 23.3 Å². The van der Waals surface area contributed by atoms with Gasteiger partial charge in [-0.2, -0.15) is 0 Å². The minimum absolute atomic E-state index is 0.141. The second kappa shape index (κ2) is 5.63. The minimum Gasteiger partial charge on any atom is -0.369 e. The highest BCUT2D eigenvalue weighted by Gasteiger charge is 2.46. The molecule has 126 valence electrons. The van der Waals surface area contributed by atoms with Crippen LogP contribution in [0, 0.1) is 13.8 Å². The Morgan fingerprint density at radius 3 is 2.71 bits per heavy atom. The standard InChI is InChI=1S/C18H22N4O2/c1-12-14(13(2)24-21-12)11-22-16-6-4-3-5-15(16)20-18(17(22)23)7-9-19-10-8-18/h3-6,19-20H,7-11H2,1-2H3. The number of hydrogen-bond donors (Lipinski definition) is 2. The van der Waals surface area contributed by atoms with Crippen molar-refractivity contribution in [3.05, 3.63) is 41.3 Å². The fourth-order valence-electron chi connectivity index (χ4n) is 3.73. The van der Waals surface area contributed by atoms with Gasteiger partial charge >= 0.3 is 0 Å². The average molecular weight is 326 g/mol. The number of fused-ring (bicyclic) bond motifs is 1. The lowest BCUT2D eigenvalue weighted by molar-refractivity contribution is -0.124. The number of benzene rings is 1. The molecule has 1 spiro atoms. The molecule has 1 saturated heterocycles. The average Bonchev–Trinajstić information content (AvgIpc) is 2.91. The van der Waals surface area contributed by atoms with Crippen LogP contribution in [0.5, 0.6) is 0 Å².